The van der Waals surface area contributed by atoms with E-state index in [1.54, 1.807) is 37.8 Å². The Morgan fingerprint density at radius 1 is 1.36 bits per heavy atom. The Balaban J connectivity index is 2.07. The van der Waals surface area contributed by atoms with E-state index in [-0.39, 0.29) is 11.7 Å². The summed E-state index contributed by atoms with van der Waals surface area (Å²) in [5.41, 5.74) is 0.179. The van der Waals surface area contributed by atoms with Crippen molar-refractivity contribution in [2.24, 2.45) is 0 Å². The van der Waals surface area contributed by atoms with E-state index in [9.17, 15) is 19.7 Å². The summed E-state index contributed by atoms with van der Waals surface area (Å²) in [6, 6.07) is 4.51. The monoisotopic (exact) mass is 391 g/mol. The highest BCUT2D eigenvalue weighted by molar-refractivity contribution is 5.87. The van der Waals surface area contributed by atoms with E-state index in [2.05, 4.69) is 10.1 Å². The summed E-state index contributed by atoms with van der Waals surface area (Å²) in [7, 11) is 1.25. The summed E-state index contributed by atoms with van der Waals surface area (Å²) in [5, 5.41) is 14.6. The lowest BCUT2D eigenvalue weighted by atomic mass is 10.1. The molecular weight excluding hydrogens is 366 g/mol. The van der Waals surface area contributed by atoms with Crippen molar-refractivity contribution >= 4 is 29.5 Å². The molecular formula is C19H25N3O6. The first-order valence-corrected chi connectivity index (χ1v) is 8.88. The SMILES string of the molecule is COC(=O)C=Cc1ccc(NC2CCN(C(=O)OC(C)(C)C)C2)c([N+](=O)[O-])c1. The Bertz CT molecular complexity index is 784. The van der Waals surface area contributed by atoms with Crippen molar-refractivity contribution in [2.45, 2.75) is 38.8 Å². The van der Waals surface area contributed by atoms with Gasteiger partial charge in [0.15, 0.2) is 0 Å². The van der Waals surface area contributed by atoms with Gasteiger partial charge in [0.05, 0.1) is 12.0 Å². The van der Waals surface area contributed by atoms with Gasteiger partial charge in [0.25, 0.3) is 5.69 Å². The topological polar surface area (TPSA) is 111 Å². The van der Waals surface area contributed by atoms with Crippen molar-refractivity contribution in [3.63, 3.8) is 0 Å². The minimum absolute atomic E-state index is 0.109. The molecule has 1 N–H and O–H groups in total. The maximum atomic E-state index is 12.2. The average Bonchev–Trinajstić information content (AvgIpc) is 3.07. The summed E-state index contributed by atoms with van der Waals surface area (Å²) in [5.74, 6) is -0.543. The first kappa shape index (κ1) is 21.2. The number of rotatable bonds is 5. The van der Waals surface area contributed by atoms with Crippen molar-refractivity contribution in [2.75, 3.05) is 25.5 Å². The molecule has 1 amide bonds. The fourth-order valence-corrected chi connectivity index (χ4v) is 2.75. The van der Waals surface area contributed by atoms with Gasteiger partial charge in [-0.1, -0.05) is 6.07 Å². The summed E-state index contributed by atoms with van der Waals surface area (Å²) in [6.45, 7) is 6.32. The molecule has 28 heavy (non-hydrogen) atoms. The zero-order valence-electron chi connectivity index (χ0n) is 16.4. The van der Waals surface area contributed by atoms with Gasteiger partial charge in [-0.3, -0.25) is 10.1 Å². The van der Waals surface area contributed by atoms with E-state index in [1.807, 2.05) is 0 Å². The van der Waals surface area contributed by atoms with Gasteiger partial charge >= 0.3 is 12.1 Å². The zero-order valence-corrected chi connectivity index (χ0v) is 16.4. The van der Waals surface area contributed by atoms with Crippen LogP contribution in [0.15, 0.2) is 24.3 Å². The molecule has 0 bridgehead atoms. The molecule has 1 atom stereocenters. The quantitative estimate of drug-likeness (QED) is 0.355. The van der Waals surface area contributed by atoms with E-state index in [4.69, 9.17) is 4.74 Å². The fraction of sp³-hybridized carbons (Fsp3) is 0.474. The number of amides is 1. The van der Waals surface area contributed by atoms with Crippen LogP contribution in [0.2, 0.25) is 0 Å². The number of carbonyl (C=O) groups excluding carboxylic acids is 2. The van der Waals surface area contributed by atoms with Crippen LogP contribution < -0.4 is 5.32 Å². The van der Waals surface area contributed by atoms with Crippen molar-refractivity contribution in [1.82, 2.24) is 4.90 Å². The van der Waals surface area contributed by atoms with Crippen molar-refractivity contribution in [3.05, 3.63) is 40.0 Å². The molecule has 9 heteroatoms. The summed E-state index contributed by atoms with van der Waals surface area (Å²) in [6.07, 6.45) is 2.90. The van der Waals surface area contributed by atoms with Gasteiger partial charge in [-0.25, -0.2) is 9.59 Å². The molecule has 0 aromatic heterocycles. The third-order valence-corrected chi connectivity index (χ3v) is 4.03. The molecule has 2 rings (SSSR count). The first-order chi connectivity index (χ1) is 13.1. The minimum atomic E-state index is -0.574. The van der Waals surface area contributed by atoms with E-state index in [0.29, 0.717) is 30.8 Å². The molecule has 1 aromatic rings. The highest BCUT2D eigenvalue weighted by Crippen LogP contribution is 2.28. The Morgan fingerprint density at radius 2 is 2.07 bits per heavy atom. The van der Waals surface area contributed by atoms with Crippen molar-refractivity contribution < 1.29 is 24.0 Å². The summed E-state index contributed by atoms with van der Waals surface area (Å²) in [4.78, 5) is 35.9. The van der Waals surface area contributed by atoms with Crippen LogP contribution in [0.4, 0.5) is 16.2 Å². The number of anilines is 1. The lowest BCUT2D eigenvalue weighted by molar-refractivity contribution is -0.384. The van der Waals surface area contributed by atoms with Crippen LogP contribution in [0.3, 0.4) is 0 Å². The molecule has 1 aromatic carbocycles. The second-order valence-corrected chi connectivity index (χ2v) is 7.45. The van der Waals surface area contributed by atoms with Crippen LogP contribution >= 0.6 is 0 Å². The second-order valence-electron chi connectivity index (χ2n) is 7.45. The molecule has 1 saturated heterocycles. The van der Waals surface area contributed by atoms with Gasteiger partial charge in [-0.2, -0.15) is 0 Å². The number of hydrogen-bond donors (Lipinski definition) is 1. The van der Waals surface area contributed by atoms with Crippen LogP contribution in [-0.2, 0) is 14.3 Å². The van der Waals surface area contributed by atoms with Crippen LogP contribution in [-0.4, -0.2) is 53.7 Å². The first-order valence-electron chi connectivity index (χ1n) is 8.88. The number of carbonyl (C=O) groups is 2. The molecule has 1 aliphatic heterocycles. The van der Waals surface area contributed by atoms with E-state index in [0.717, 1.165) is 0 Å². The van der Waals surface area contributed by atoms with Gasteiger partial charge in [-0.15, -0.1) is 0 Å². The van der Waals surface area contributed by atoms with Crippen LogP contribution in [0, 0.1) is 10.1 Å². The zero-order chi connectivity index (χ0) is 20.9. The van der Waals surface area contributed by atoms with Crippen molar-refractivity contribution in [3.8, 4) is 0 Å². The largest absolute Gasteiger partial charge is 0.466 e. The lowest BCUT2D eigenvalue weighted by Gasteiger charge is -2.24. The third kappa shape index (κ3) is 5.97. The number of methoxy groups -OCH3 is 1. The van der Waals surface area contributed by atoms with E-state index >= 15 is 0 Å². The smallest absolute Gasteiger partial charge is 0.410 e. The number of benzene rings is 1. The number of nitrogens with one attached hydrogen (secondary N) is 1. The number of nitro benzene ring substituents is 1. The molecule has 0 spiro atoms. The number of ether oxygens (including phenoxy) is 2. The van der Waals surface area contributed by atoms with Gasteiger partial charge in [0, 0.05) is 31.3 Å². The normalized spacial score (nSPS) is 16.9. The predicted molar refractivity (Wildman–Crippen MR) is 104 cm³/mol. The fourth-order valence-electron chi connectivity index (χ4n) is 2.75. The molecule has 1 fully saturated rings. The van der Waals surface area contributed by atoms with Gasteiger partial charge in [-0.05, 0) is 44.9 Å². The molecule has 0 radical (unpaired) electrons. The number of hydrogen-bond acceptors (Lipinski definition) is 7. The second kappa shape index (κ2) is 8.73. The Morgan fingerprint density at radius 3 is 2.68 bits per heavy atom. The van der Waals surface area contributed by atoms with Gasteiger partial charge in [0.1, 0.15) is 11.3 Å². The summed E-state index contributed by atoms with van der Waals surface area (Å²) >= 11 is 0. The van der Waals surface area contributed by atoms with Crippen LogP contribution in [0.25, 0.3) is 6.08 Å². The van der Waals surface area contributed by atoms with Gasteiger partial charge < -0.3 is 19.7 Å². The molecule has 1 unspecified atom stereocenters. The van der Waals surface area contributed by atoms with Gasteiger partial charge in [0.2, 0.25) is 0 Å². The lowest BCUT2D eigenvalue weighted by Crippen LogP contribution is -2.36. The highest BCUT2D eigenvalue weighted by Gasteiger charge is 2.30. The van der Waals surface area contributed by atoms with Crippen molar-refractivity contribution in [1.29, 1.82) is 0 Å². The number of likely N-dealkylation sites (tertiary alicyclic amines) is 1. The van der Waals surface area contributed by atoms with E-state index < -0.39 is 22.6 Å². The predicted octanol–water partition coefficient (Wildman–Crippen LogP) is 3.20. The minimum Gasteiger partial charge on any atom is -0.466 e. The molecule has 152 valence electrons. The number of nitro groups is 1. The highest BCUT2D eigenvalue weighted by atomic mass is 16.6. The number of esters is 1. The molecule has 1 heterocycles. The molecule has 1 aliphatic rings. The Hall–Kier alpha value is -3.10. The Kier molecular flexibility index (Phi) is 6.61. The van der Waals surface area contributed by atoms with Crippen LogP contribution in [0.5, 0.6) is 0 Å². The van der Waals surface area contributed by atoms with Crippen LogP contribution in [0.1, 0.15) is 32.8 Å². The number of nitrogens with zero attached hydrogens (tertiary/aromatic N) is 2. The maximum Gasteiger partial charge on any atom is 0.410 e. The molecule has 9 nitrogen and oxygen atoms in total. The summed E-state index contributed by atoms with van der Waals surface area (Å²) < 4.78 is 9.87. The Labute approximate surface area is 163 Å². The molecule has 0 aliphatic carbocycles. The van der Waals surface area contributed by atoms with E-state index in [1.165, 1.54) is 25.3 Å². The third-order valence-electron chi connectivity index (χ3n) is 4.03. The maximum absolute atomic E-state index is 12.2. The standard InChI is InChI=1S/C19H25N3O6/c1-19(2,3)28-18(24)21-10-9-14(12-21)20-15-7-5-13(6-8-17(23)27-4)11-16(15)22(25)26/h5-8,11,14,20H,9-10,12H2,1-4H3. The average molecular weight is 391 g/mol. The molecule has 0 saturated carbocycles.